The van der Waals surface area contributed by atoms with Gasteiger partial charge in [-0.1, -0.05) is 18.2 Å². The molecule has 1 saturated heterocycles. The first-order valence-electron chi connectivity index (χ1n) is 9.96. The zero-order valence-electron chi connectivity index (χ0n) is 17.8. The Labute approximate surface area is 194 Å². The van der Waals surface area contributed by atoms with E-state index in [2.05, 4.69) is 20.9 Å². The lowest BCUT2D eigenvalue weighted by Crippen LogP contribution is -2.30. The van der Waals surface area contributed by atoms with Gasteiger partial charge in [-0.2, -0.15) is 0 Å². The number of ketones is 1. The molecule has 2 aromatic carbocycles. The van der Waals surface area contributed by atoms with Crippen molar-refractivity contribution in [3.8, 4) is 5.75 Å². The van der Waals surface area contributed by atoms with Gasteiger partial charge in [-0.25, -0.2) is 0 Å². The molecule has 1 aromatic heterocycles. The quantitative estimate of drug-likeness (QED) is 0.311. The molecular formula is C25H21BrN2O4. The number of Topliss-reactive ketones (excluding diaryl/α,β-unsaturated/α-hetero) is 1. The standard InChI is InChI=1S/C25H21BrN2O4/c1-14-7-8-15(2)19(12-14)28-22(18-6-4-5-11-27-18)21(24(30)25(28)31)23(29)16-9-10-20(32-3)17(26)13-16/h4-13,22,29H,1-3H3/b23-21-. The van der Waals surface area contributed by atoms with E-state index in [-0.39, 0.29) is 11.3 Å². The molecule has 1 unspecified atom stereocenters. The Morgan fingerprint density at radius 2 is 1.88 bits per heavy atom. The van der Waals surface area contributed by atoms with Gasteiger partial charge in [0.15, 0.2) is 0 Å². The summed E-state index contributed by atoms with van der Waals surface area (Å²) in [6, 6.07) is 15.1. The van der Waals surface area contributed by atoms with E-state index in [1.54, 1.807) is 42.6 Å². The second kappa shape index (κ2) is 8.59. The number of anilines is 1. The van der Waals surface area contributed by atoms with E-state index in [4.69, 9.17) is 4.74 Å². The van der Waals surface area contributed by atoms with Crippen molar-refractivity contribution < 1.29 is 19.4 Å². The molecule has 1 fully saturated rings. The summed E-state index contributed by atoms with van der Waals surface area (Å²) in [6.07, 6.45) is 1.60. The smallest absolute Gasteiger partial charge is 0.300 e. The van der Waals surface area contributed by atoms with Gasteiger partial charge in [0.25, 0.3) is 11.7 Å². The maximum Gasteiger partial charge on any atom is 0.300 e. The number of benzene rings is 2. The molecule has 0 aliphatic carbocycles. The molecule has 0 bridgehead atoms. The number of hydrogen-bond donors (Lipinski definition) is 1. The highest BCUT2D eigenvalue weighted by Crippen LogP contribution is 2.43. The maximum absolute atomic E-state index is 13.2. The molecule has 2 heterocycles. The topological polar surface area (TPSA) is 79.7 Å². The van der Waals surface area contributed by atoms with Crippen LogP contribution >= 0.6 is 15.9 Å². The SMILES string of the molecule is COc1ccc(/C(O)=C2/C(=O)C(=O)N(c3cc(C)ccc3C)C2c2ccccn2)cc1Br. The molecule has 1 amide bonds. The van der Waals surface area contributed by atoms with Gasteiger partial charge in [-0.05, 0) is 77.3 Å². The van der Waals surface area contributed by atoms with Gasteiger partial charge in [0.05, 0.1) is 22.8 Å². The Morgan fingerprint density at radius 3 is 2.53 bits per heavy atom. The van der Waals surface area contributed by atoms with Crippen LogP contribution in [-0.4, -0.2) is 28.9 Å². The zero-order valence-corrected chi connectivity index (χ0v) is 19.4. The Bertz CT molecular complexity index is 1250. The molecule has 7 heteroatoms. The number of ether oxygens (including phenoxy) is 1. The minimum absolute atomic E-state index is 0.00771. The van der Waals surface area contributed by atoms with E-state index in [0.29, 0.717) is 27.2 Å². The van der Waals surface area contributed by atoms with Crippen LogP contribution in [0.15, 0.2) is 70.8 Å². The number of aliphatic hydroxyl groups is 1. The number of amides is 1. The summed E-state index contributed by atoms with van der Waals surface area (Å²) in [5.41, 5.74) is 3.26. The third kappa shape index (κ3) is 3.69. The molecule has 6 nitrogen and oxygen atoms in total. The number of carbonyl (C=O) groups excluding carboxylic acids is 2. The zero-order chi connectivity index (χ0) is 23.0. The van der Waals surface area contributed by atoms with Crippen LogP contribution < -0.4 is 9.64 Å². The van der Waals surface area contributed by atoms with Crippen LogP contribution in [0.5, 0.6) is 5.75 Å². The van der Waals surface area contributed by atoms with E-state index >= 15 is 0 Å². The fraction of sp³-hybridized carbons (Fsp3) is 0.160. The molecule has 1 aliphatic heterocycles. The third-order valence-corrected chi connectivity index (χ3v) is 6.08. The van der Waals surface area contributed by atoms with Crippen LogP contribution in [-0.2, 0) is 9.59 Å². The lowest BCUT2D eigenvalue weighted by Gasteiger charge is -2.26. The fourth-order valence-electron chi connectivity index (χ4n) is 3.85. The summed E-state index contributed by atoms with van der Waals surface area (Å²) >= 11 is 3.40. The predicted octanol–water partition coefficient (Wildman–Crippen LogP) is 5.10. The number of aliphatic hydroxyl groups excluding tert-OH is 1. The first-order valence-corrected chi connectivity index (χ1v) is 10.8. The summed E-state index contributed by atoms with van der Waals surface area (Å²) in [5.74, 6) is -1.15. The number of rotatable bonds is 4. The first-order chi connectivity index (χ1) is 15.3. The van der Waals surface area contributed by atoms with Crippen LogP contribution in [0.25, 0.3) is 5.76 Å². The lowest BCUT2D eigenvalue weighted by molar-refractivity contribution is -0.132. The summed E-state index contributed by atoms with van der Waals surface area (Å²) in [6.45, 7) is 3.80. The van der Waals surface area contributed by atoms with Crippen molar-refractivity contribution in [2.75, 3.05) is 12.0 Å². The van der Waals surface area contributed by atoms with Crippen LogP contribution in [0, 0.1) is 13.8 Å². The molecule has 1 aliphatic rings. The highest BCUT2D eigenvalue weighted by molar-refractivity contribution is 9.10. The molecule has 0 spiro atoms. The molecule has 1 N–H and O–H groups in total. The normalized spacial score (nSPS) is 17.6. The van der Waals surface area contributed by atoms with Crippen LogP contribution in [0.4, 0.5) is 5.69 Å². The summed E-state index contributed by atoms with van der Waals surface area (Å²) in [7, 11) is 1.54. The van der Waals surface area contributed by atoms with Crippen LogP contribution in [0.3, 0.4) is 0 Å². The van der Waals surface area contributed by atoms with E-state index in [0.717, 1.165) is 11.1 Å². The molecular weight excluding hydrogens is 472 g/mol. The van der Waals surface area contributed by atoms with Gasteiger partial charge < -0.3 is 9.84 Å². The first kappa shape index (κ1) is 21.8. The highest BCUT2D eigenvalue weighted by Gasteiger charge is 2.48. The van der Waals surface area contributed by atoms with Crippen molar-refractivity contribution in [1.29, 1.82) is 0 Å². The van der Waals surface area contributed by atoms with E-state index in [1.807, 2.05) is 32.0 Å². The van der Waals surface area contributed by atoms with E-state index in [1.165, 1.54) is 12.0 Å². The van der Waals surface area contributed by atoms with Gasteiger partial charge in [0, 0.05) is 17.4 Å². The minimum Gasteiger partial charge on any atom is -0.507 e. The average Bonchev–Trinajstić information content (AvgIpc) is 3.06. The van der Waals surface area contributed by atoms with Gasteiger partial charge in [-0.3, -0.25) is 19.5 Å². The molecule has 4 rings (SSSR count). The Balaban J connectivity index is 1.96. The van der Waals surface area contributed by atoms with Gasteiger partial charge in [-0.15, -0.1) is 0 Å². The second-order valence-corrected chi connectivity index (χ2v) is 8.42. The highest BCUT2D eigenvalue weighted by atomic mass is 79.9. The fourth-order valence-corrected chi connectivity index (χ4v) is 4.39. The van der Waals surface area contributed by atoms with Crippen molar-refractivity contribution in [1.82, 2.24) is 4.98 Å². The number of nitrogens with zero attached hydrogens (tertiary/aromatic N) is 2. The number of hydrogen-bond acceptors (Lipinski definition) is 5. The molecule has 162 valence electrons. The number of methoxy groups -OCH3 is 1. The average molecular weight is 493 g/mol. The van der Waals surface area contributed by atoms with Crippen molar-refractivity contribution in [3.63, 3.8) is 0 Å². The number of aryl methyl sites for hydroxylation is 2. The number of aromatic nitrogens is 1. The third-order valence-electron chi connectivity index (χ3n) is 5.46. The number of pyridine rings is 1. The molecule has 1 atom stereocenters. The molecule has 32 heavy (non-hydrogen) atoms. The number of carbonyl (C=O) groups is 2. The van der Waals surface area contributed by atoms with Gasteiger partial charge in [0.2, 0.25) is 0 Å². The monoisotopic (exact) mass is 492 g/mol. The van der Waals surface area contributed by atoms with Crippen LogP contribution in [0.2, 0.25) is 0 Å². The lowest BCUT2D eigenvalue weighted by atomic mass is 9.97. The summed E-state index contributed by atoms with van der Waals surface area (Å²) < 4.78 is 5.86. The van der Waals surface area contributed by atoms with Crippen molar-refractivity contribution in [3.05, 3.63) is 93.2 Å². The number of halogens is 1. The summed E-state index contributed by atoms with van der Waals surface area (Å²) in [5, 5.41) is 11.2. The predicted molar refractivity (Wildman–Crippen MR) is 126 cm³/mol. The Kier molecular flexibility index (Phi) is 5.84. The summed E-state index contributed by atoms with van der Waals surface area (Å²) in [4.78, 5) is 32.3. The van der Waals surface area contributed by atoms with Crippen molar-refractivity contribution in [2.45, 2.75) is 19.9 Å². The van der Waals surface area contributed by atoms with Gasteiger partial charge >= 0.3 is 0 Å². The second-order valence-electron chi connectivity index (χ2n) is 7.56. The molecule has 3 aromatic rings. The van der Waals surface area contributed by atoms with Gasteiger partial charge in [0.1, 0.15) is 17.6 Å². The minimum atomic E-state index is -0.863. The van der Waals surface area contributed by atoms with Crippen molar-refractivity contribution >= 4 is 39.1 Å². The molecule has 0 saturated carbocycles. The largest absolute Gasteiger partial charge is 0.507 e. The van der Waals surface area contributed by atoms with E-state index in [9.17, 15) is 14.7 Å². The maximum atomic E-state index is 13.2. The Hall–Kier alpha value is -3.45. The van der Waals surface area contributed by atoms with Crippen molar-refractivity contribution in [2.24, 2.45) is 0 Å². The Morgan fingerprint density at radius 1 is 1.09 bits per heavy atom. The van der Waals surface area contributed by atoms with Crippen LogP contribution in [0.1, 0.15) is 28.4 Å². The molecule has 0 radical (unpaired) electrons. The van der Waals surface area contributed by atoms with E-state index < -0.39 is 17.7 Å².